The second-order valence-corrected chi connectivity index (χ2v) is 7.11. The molecule has 0 amide bonds. The van der Waals surface area contributed by atoms with Crippen LogP contribution in [-0.4, -0.2) is 28.5 Å². The fraction of sp³-hybridized carbons (Fsp3) is 0.333. The number of aromatic nitrogens is 3. The zero-order valence-electron chi connectivity index (χ0n) is 16.2. The highest BCUT2D eigenvalue weighted by molar-refractivity contribution is 7.71. The number of methoxy groups -OCH3 is 1. The van der Waals surface area contributed by atoms with Gasteiger partial charge in [0.15, 0.2) is 6.67 Å². The Morgan fingerprint density at radius 3 is 2.37 bits per heavy atom. The fourth-order valence-corrected chi connectivity index (χ4v) is 3.56. The van der Waals surface area contributed by atoms with Crippen molar-refractivity contribution in [1.29, 1.82) is 0 Å². The molecule has 0 saturated heterocycles. The second-order valence-electron chi connectivity index (χ2n) is 6.75. The third-order valence-electron chi connectivity index (χ3n) is 4.61. The first-order valence-corrected chi connectivity index (χ1v) is 9.66. The number of nitrogens with one attached hydrogen (secondary N) is 1. The molecule has 3 rings (SSSR count). The van der Waals surface area contributed by atoms with Crippen molar-refractivity contribution in [3.8, 4) is 5.75 Å². The van der Waals surface area contributed by atoms with E-state index in [0.717, 1.165) is 42.5 Å². The summed E-state index contributed by atoms with van der Waals surface area (Å²) < 4.78 is 10.1. The van der Waals surface area contributed by atoms with Crippen LogP contribution >= 0.6 is 12.2 Å². The molecule has 5 nitrogen and oxygen atoms in total. The lowest BCUT2D eigenvalue weighted by molar-refractivity contribution is -0.917. The summed E-state index contributed by atoms with van der Waals surface area (Å²) in [6, 6.07) is 18.6. The Balaban J connectivity index is 1.73. The monoisotopic (exact) mass is 383 g/mol. The molecule has 2 aromatic carbocycles. The average molecular weight is 384 g/mol. The van der Waals surface area contributed by atoms with Crippen molar-refractivity contribution < 1.29 is 9.64 Å². The van der Waals surface area contributed by atoms with Gasteiger partial charge in [-0.25, -0.2) is 0 Å². The molecule has 0 radical (unpaired) electrons. The van der Waals surface area contributed by atoms with Gasteiger partial charge in [0, 0.05) is 18.5 Å². The molecule has 0 bridgehead atoms. The largest absolute Gasteiger partial charge is 0.497 e. The minimum Gasteiger partial charge on any atom is -0.497 e. The van der Waals surface area contributed by atoms with E-state index in [2.05, 4.69) is 54.9 Å². The van der Waals surface area contributed by atoms with Crippen LogP contribution in [-0.2, 0) is 26.2 Å². The third kappa shape index (κ3) is 4.84. The molecule has 1 N–H and O–H groups in total. The van der Waals surface area contributed by atoms with Crippen LogP contribution in [0.3, 0.4) is 0 Å². The van der Waals surface area contributed by atoms with Crippen molar-refractivity contribution in [2.45, 2.75) is 33.1 Å². The number of quaternary nitrogens is 1. The Kier molecular flexibility index (Phi) is 6.42. The highest BCUT2D eigenvalue weighted by atomic mass is 32.1. The predicted molar refractivity (Wildman–Crippen MR) is 110 cm³/mol. The summed E-state index contributed by atoms with van der Waals surface area (Å²) in [7, 11) is 3.85. The Hall–Kier alpha value is -2.44. The van der Waals surface area contributed by atoms with Crippen molar-refractivity contribution in [2.75, 3.05) is 14.2 Å². The van der Waals surface area contributed by atoms with E-state index in [1.165, 1.54) is 16.0 Å². The van der Waals surface area contributed by atoms with Crippen LogP contribution in [0.1, 0.15) is 23.9 Å². The highest BCUT2D eigenvalue weighted by Crippen LogP contribution is 2.11. The maximum atomic E-state index is 5.68. The molecule has 1 heterocycles. The van der Waals surface area contributed by atoms with E-state index in [-0.39, 0.29) is 0 Å². The normalized spacial score (nSPS) is 12.1. The van der Waals surface area contributed by atoms with Crippen LogP contribution < -0.4 is 9.64 Å². The van der Waals surface area contributed by atoms with Gasteiger partial charge >= 0.3 is 0 Å². The van der Waals surface area contributed by atoms with Gasteiger partial charge in [0.25, 0.3) is 0 Å². The van der Waals surface area contributed by atoms with Gasteiger partial charge in [0.1, 0.15) is 18.1 Å². The maximum Gasteiger partial charge on any atom is 0.202 e. The predicted octanol–water partition coefficient (Wildman–Crippen LogP) is 2.71. The fourth-order valence-electron chi connectivity index (χ4n) is 3.22. The first-order valence-electron chi connectivity index (χ1n) is 9.25. The first-order chi connectivity index (χ1) is 13.1. The SMILES string of the molecule is CCn1c(Cc2ccccc2)nn(C[NH+](C)Cc2ccc(OC)cc2)c1=S. The van der Waals surface area contributed by atoms with Gasteiger partial charge in [-0.15, -0.1) is 0 Å². The minimum absolute atomic E-state index is 0.736. The highest BCUT2D eigenvalue weighted by Gasteiger charge is 2.13. The van der Waals surface area contributed by atoms with Gasteiger partial charge in [-0.2, -0.15) is 9.78 Å². The van der Waals surface area contributed by atoms with Crippen LogP contribution in [0.5, 0.6) is 5.75 Å². The third-order valence-corrected chi connectivity index (χ3v) is 5.04. The molecule has 1 unspecified atom stereocenters. The summed E-state index contributed by atoms with van der Waals surface area (Å²) in [5.41, 5.74) is 2.51. The van der Waals surface area contributed by atoms with Crippen LogP contribution in [0.25, 0.3) is 0 Å². The molecule has 0 aliphatic heterocycles. The summed E-state index contributed by atoms with van der Waals surface area (Å²) in [4.78, 5) is 1.32. The van der Waals surface area contributed by atoms with Gasteiger partial charge in [-0.3, -0.25) is 0 Å². The topological polar surface area (TPSA) is 36.4 Å². The molecule has 27 heavy (non-hydrogen) atoms. The van der Waals surface area contributed by atoms with Gasteiger partial charge < -0.3 is 14.2 Å². The van der Waals surface area contributed by atoms with Crippen LogP contribution in [0.15, 0.2) is 54.6 Å². The molecule has 0 spiro atoms. The molecule has 142 valence electrons. The molecule has 6 heteroatoms. The van der Waals surface area contributed by atoms with Gasteiger partial charge in [0.05, 0.1) is 14.2 Å². The first kappa shape index (κ1) is 19.3. The smallest absolute Gasteiger partial charge is 0.202 e. The Morgan fingerprint density at radius 2 is 1.74 bits per heavy atom. The van der Waals surface area contributed by atoms with Crippen molar-refractivity contribution in [3.05, 3.63) is 76.3 Å². The van der Waals surface area contributed by atoms with Crippen molar-refractivity contribution in [3.63, 3.8) is 0 Å². The summed E-state index contributed by atoms with van der Waals surface area (Å²) in [6.45, 7) is 4.58. The van der Waals surface area contributed by atoms with E-state index >= 15 is 0 Å². The van der Waals surface area contributed by atoms with E-state index in [1.807, 2.05) is 22.9 Å². The van der Waals surface area contributed by atoms with Crippen LogP contribution in [0.4, 0.5) is 0 Å². The molecular weight excluding hydrogens is 356 g/mol. The summed E-state index contributed by atoms with van der Waals surface area (Å²) in [5, 5.41) is 4.82. The lowest BCUT2D eigenvalue weighted by atomic mass is 10.1. The molecule has 0 aliphatic carbocycles. The second kappa shape index (κ2) is 8.97. The lowest BCUT2D eigenvalue weighted by Crippen LogP contribution is -3.07. The Bertz CT molecular complexity index is 916. The average Bonchev–Trinajstić information content (AvgIpc) is 2.97. The van der Waals surface area contributed by atoms with Crippen LogP contribution in [0, 0.1) is 4.77 Å². The maximum absolute atomic E-state index is 5.68. The van der Waals surface area contributed by atoms with Crippen molar-refractivity contribution >= 4 is 12.2 Å². The summed E-state index contributed by atoms with van der Waals surface area (Å²) in [6.07, 6.45) is 0.794. The standard InChI is InChI=1S/C21H26N4OS/c1-4-24-20(14-17-8-6-5-7-9-17)22-25(21(24)27)16-23(2)15-18-10-12-19(26-3)13-11-18/h5-13H,4,14-16H2,1-3H3/p+1. The van der Waals surface area contributed by atoms with Gasteiger partial charge in [-0.05, 0) is 49.0 Å². The zero-order valence-corrected chi connectivity index (χ0v) is 17.0. The van der Waals surface area contributed by atoms with Crippen molar-refractivity contribution in [2.24, 2.45) is 0 Å². The summed E-state index contributed by atoms with van der Waals surface area (Å²) in [5.74, 6) is 1.90. The number of hydrogen-bond donors (Lipinski definition) is 1. The number of ether oxygens (including phenoxy) is 1. The Labute approximate surface area is 165 Å². The van der Waals surface area contributed by atoms with Gasteiger partial charge in [-0.1, -0.05) is 30.3 Å². The molecule has 1 atom stereocenters. The number of hydrogen-bond acceptors (Lipinski definition) is 3. The molecule has 0 aliphatic rings. The summed E-state index contributed by atoms with van der Waals surface area (Å²) >= 11 is 5.68. The van der Waals surface area contributed by atoms with Gasteiger partial charge in [0.2, 0.25) is 4.77 Å². The van der Waals surface area contributed by atoms with E-state index in [1.54, 1.807) is 7.11 Å². The number of nitrogens with zero attached hydrogens (tertiary/aromatic N) is 3. The zero-order chi connectivity index (χ0) is 19.2. The van der Waals surface area contributed by atoms with E-state index < -0.39 is 0 Å². The van der Waals surface area contributed by atoms with E-state index in [4.69, 9.17) is 22.1 Å². The molecule has 3 aromatic rings. The molecular formula is C21H27N4OS+. The van der Waals surface area contributed by atoms with E-state index in [9.17, 15) is 0 Å². The van der Waals surface area contributed by atoms with Crippen LogP contribution in [0.2, 0.25) is 0 Å². The quantitative estimate of drug-likeness (QED) is 0.608. The number of rotatable bonds is 8. The lowest BCUT2D eigenvalue weighted by Gasteiger charge is -2.14. The molecule has 0 fully saturated rings. The Morgan fingerprint density at radius 1 is 1.04 bits per heavy atom. The minimum atomic E-state index is 0.736. The van der Waals surface area contributed by atoms with Crippen molar-refractivity contribution in [1.82, 2.24) is 14.3 Å². The molecule has 1 aromatic heterocycles. The number of benzene rings is 2. The van der Waals surface area contributed by atoms with E-state index in [0.29, 0.717) is 0 Å². The molecule has 0 saturated carbocycles.